The van der Waals surface area contributed by atoms with E-state index in [1.165, 1.54) is 18.4 Å². The first-order valence-corrected chi connectivity index (χ1v) is 5.27. The van der Waals surface area contributed by atoms with Gasteiger partial charge in [0.05, 0.1) is 0 Å². The first kappa shape index (κ1) is 15.3. The zero-order chi connectivity index (χ0) is 10.2. The minimum atomic E-state index is 0. The fourth-order valence-electron chi connectivity index (χ4n) is 1.39. The van der Waals surface area contributed by atoms with Crippen LogP contribution < -0.4 is 0 Å². The summed E-state index contributed by atoms with van der Waals surface area (Å²) in [6.45, 7) is 4.00. The Kier molecular flexibility index (Phi) is 9.79. The fraction of sp³-hybridized carbons (Fsp3) is 0.500. The van der Waals surface area contributed by atoms with Gasteiger partial charge in [0, 0.05) is 32.7 Å². The third-order valence-corrected chi connectivity index (χ3v) is 2.34. The van der Waals surface area contributed by atoms with Crippen molar-refractivity contribution in [3.63, 3.8) is 0 Å². The van der Waals surface area contributed by atoms with Crippen LogP contribution in [-0.4, -0.2) is 25.9 Å². The molecule has 0 aliphatic rings. The molecule has 0 aliphatic carbocycles. The first-order valence-electron chi connectivity index (χ1n) is 5.27. The van der Waals surface area contributed by atoms with Crippen molar-refractivity contribution in [2.75, 3.05) is 13.1 Å². The third-order valence-electron chi connectivity index (χ3n) is 2.34. The van der Waals surface area contributed by atoms with Crippen molar-refractivity contribution in [2.24, 2.45) is 0 Å². The second-order valence-corrected chi connectivity index (χ2v) is 3.50. The minimum absolute atomic E-state index is 0. The van der Waals surface area contributed by atoms with E-state index in [-0.39, 0.29) is 32.7 Å². The van der Waals surface area contributed by atoms with Crippen LogP contribution in [0.5, 0.6) is 0 Å². The van der Waals surface area contributed by atoms with Crippen LogP contribution in [0.4, 0.5) is 0 Å². The van der Waals surface area contributed by atoms with Gasteiger partial charge >= 0.3 is 0 Å². The number of nitrogens with zero attached hydrogens (tertiary/aromatic N) is 1. The van der Waals surface area contributed by atoms with Crippen LogP contribution in [0.25, 0.3) is 0 Å². The average molecular weight is 275 g/mol. The van der Waals surface area contributed by atoms with Crippen molar-refractivity contribution in [2.45, 2.75) is 26.2 Å². The third kappa shape index (κ3) is 7.27. The normalized spacial score (nSPS) is 10.0. The quantitative estimate of drug-likeness (QED) is 0.437. The Labute approximate surface area is 120 Å². The van der Waals surface area contributed by atoms with E-state index in [0.717, 1.165) is 19.5 Å². The van der Waals surface area contributed by atoms with Crippen molar-refractivity contribution in [1.29, 1.82) is 0 Å². The number of hydrogen-bond donors (Lipinski definition) is 0. The van der Waals surface area contributed by atoms with E-state index in [1.807, 2.05) is 16.9 Å². The van der Waals surface area contributed by atoms with Crippen molar-refractivity contribution in [1.82, 2.24) is 4.81 Å². The zero-order valence-electron chi connectivity index (χ0n) is 9.45. The van der Waals surface area contributed by atoms with E-state index in [4.69, 9.17) is 7.98 Å². The molecule has 0 spiro atoms. The van der Waals surface area contributed by atoms with Gasteiger partial charge in [0.1, 0.15) is 0 Å². The Balaban J connectivity index is 0.00000196. The predicted molar refractivity (Wildman–Crippen MR) is 61.2 cm³/mol. The summed E-state index contributed by atoms with van der Waals surface area (Å²) in [7, 11) is 5.68. The van der Waals surface area contributed by atoms with Gasteiger partial charge in [-0.05, 0) is 19.5 Å². The molecular formula is C12H17BNY-. The average Bonchev–Trinajstić information content (AvgIpc) is 2.25. The Morgan fingerprint density at radius 1 is 1.40 bits per heavy atom. The number of rotatable bonds is 6. The van der Waals surface area contributed by atoms with Crippen LogP contribution in [-0.2, 0) is 39.1 Å². The second kappa shape index (κ2) is 9.57. The van der Waals surface area contributed by atoms with Crippen molar-refractivity contribution in [3.05, 3.63) is 35.9 Å². The Morgan fingerprint density at radius 2 is 2.20 bits per heavy atom. The minimum Gasteiger partial charge on any atom is -0.354 e. The molecule has 0 saturated heterocycles. The second-order valence-electron chi connectivity index (χ2n) is 3.50. The van der Waals surface area contributed by atoms with Crippen molar-refractivity contribution < 1.29 is 32.7 Å². The van der Waals surface area contributed by atoms with Crippen LogP contribution in [0.1, 0.15) is 25.3 Å². The zero-order valence-corrected chi connectivity index (χ0v) is 12.3. The maximum absolute atomic E-state index is 5.68. The number of benzene rings is 1. The summed E-state index contributed by atoms with van der Waals surface area (Å²) in [5, 5.41) is 0. The molecule has 0 N–H and O–H groups in total. The molecule has 0 heterocycles. The van der Waals surface area contributed by atoms with Gasteiger partial charge in [0.2, 0.25) is 0 Å². The molecule has 15 heavy (non-hydrogen) atoms. The summed E-state index contributed by atoms with van der Waals surface area (Å²) < 4.78 is 0. The molecule has 0 aromatic heterocycles. The topological polar surface area (TPSA) is 3.24 Å². The molecule has 0 aliphatic heterocycles. The molecule has 1 aromatic rings. The molecule has 0 atom stereocenters. The summed E-state index contributed by atoms with van der Waals surface area (Å²) in [6.07, 6.45) is 3.50. The molecule has 0 fully saturated rings. The Hall–Kier alpha value is 0.349. The molecular weight excluding hydrogens is 258 g/mol. The molecule has 77 valence electrons. The summed E-state index contributed by atoms with van der Waals surface area (Å²) in [5.74, 6) is 0. The van der Waals surface area contributed by atoms with Gasteiger partial charge in [-0.1, -0.05) is 19.8 Å². The van der Waals surface area contributed by atoms with E-state index >= 15 is 0 Å². The summed E-state index contributed by atoms with van der Waals surface area (Å²) in [4.78, 5) is 1.86. The van der Waals surface area contributed by atoms with Crippen LogP contribution >= 0.6 is 0 Å². The number of hydrogen-bond acceptors (Lipinski definition) is 1. The maximum Gasteiger partial charge on any atom is 0.182 e. The van der Waals surface area contributed by atoms with Crippen LogP contribution in [0.3, 0.4) is 0 Å². The number of aryl methyl sites for hydroxylation is 1. The summed E-state index contributed by atoms with van der Waals surface area (Å²) in [6, 6.07) is 11.3. The van der Waals surface area contributed by atoms with Crippen molar-refractivity contribution >= 4 is 7.98 Å². The molecule has 0 saturated carbocycles. The standard InChI is InChI=1S/C12H17BN.Y/c1-2-14(13)11-7-6-10-12-8-4-3-5-9-12;/h3-4,8-9H,2,6-7,10-11H2,1H3;/q-1;. The van der Waals surface area contributed by atoms with E-state index in [2.05, 4.69) is 25.1 Å². The van der Waals surface area contributed by atoms with Crippen LogP contribution in [0.2, 0.25) is 0 Å². The van der Waals surface area contributed by atoms with E-state index in [9.17, 15) is 0 Å². The largest absolute Gasteiger partial charge is 0.354 e. The fourth-order valence-corrected chi connectivity index (χ4v) is 1.39. The molecule has 0 bridgehead atoms. The summed E-state index contributed by atoms with van der Waals surface area (Å²) in [5.41, 5.74) is 1.37. The van der Waals surface area contributed by atoms with Gasteiger partial charge in [-0.25, -0.2) is 0 Å². The Bertz CT molecular complexity index is 241. The molecule has 1 nitrogen and oxygen atoms in total. The van der Waals surface area contributed by atoms with E-state index in [0.29, 0.717) is 0 Å². The maximum atomic E-state index is 5.68. The van der Waals surface area contributed by atoms with Gasteiger partial charge in [-0.3, -0.25) is 0 Å². The summed E-state index contributed by atoms with van der Waals surface area (Å²) >= 11 is 0. The van der Waals surface area contributed by atoms with Gasteiger partial charge in [-0.15, -0.1) is 0 Å². The van der Waals surface area contributed by atoms with Crippen molar-refractivity contribution in [3.8, 4) is 0 Å². The van der Waals surface area contributed by atoms with Crippen LogP contribution in [0, 0.1) is 6.07 Å². The van der Waals surface area contributed by atoms with Crippen LogP contribution in [0.15, 0.2) is 24.3 Å². The molecule has 3 radical (unpaired) electrons. The number of unbranched alkanes of at least 4 members (excludes halogenated alkanes) is 1. The predicted octanol–water partition coefficient (Wildman–Crippen LogP) is 2.21. The molecule has 0 unspecified atom stereocenters. The van der Waals surface area contributed by atoms with Gasteiger partial charge in [0.15, 0.2) is 7.98 Å². The molecule has 1 aromatic carbocycles. The van der Waals surface area contributed by atoms with Gasteiger partial charge < -0.3 is 4.81 Å². The first-order chi connectivity index (χ1) is 6.83. The monoisotopic (exact) mass is 275 g/mol. The Morgan fingerprint density at radius 3 is 2.80 bits per heavy atom. The molecule has 1 rings (SSSR count). The SMILES string of the molecule is [B]N(CC)CCCCc1c[c-]ccc1.[Y]. The van der Waals surface area contributed by atoms with Gasteiger partial charge in [-0.2, -0.15) is 35.9 Å². The molecule has 3 heteroatoms. The van der Waals surface area contributed by atoms with E-state index in [1.54, 1.807) is 0 Å². The molecule has 0 amide bonds. The smallest absolute Gasteiger partial charge is 0.182 e. The van der Waals surface area contributed by atoms with E-state index < -0.39 is 0 Å². The van der Waals surface area contributed by atoms with Gasteiger partial charge in [0.25, 0.3) is 0 Å².